The van der Waals surface area contributed by atoms with Crippen LogP contribution in [0.25, 0.3) is 5.73 Å². The van der Waals surface area contributed by atoms with Gasteiger partial charge in [-0.25, -0.2) is 0 Å². The normalized spacial score (nSPS) is 17.8. The van der Waals surface area contributed by atoms with Crippen LogP contribution in [0.3, 0.4) is 0 Å². The first-order valence-electron chi connectivity index (χ1n) is 2.89. The molecule has 1 aliphatic heterocycles. The van der Waals surface area contributed by atoms with Crippen molar-refractivity contribution in [3.63, 3.8) is 0 Å². The van der Waals surface area contributed by atoms with Gasteiger partial charge in [-0.3, -0.25) is 4.79 Å². The smallest absolute Gasteiger partial charge is 0.447 e. The third kappa shape index (κ3) is 3.31. The fraction of sp³-hybridized carbons (Fsp3) is 0.800. The van der Waals surface area contributed by atoms with Crippen molar-refractivity contribution < 1.29 is 60.9 Å². The Hall–Kier alpha value is 0.866. The van der Waals surface area contributed by atoms with E-state index in [4.69, 9.17) is 10.5 Å². The molecule has 0 unspecified atom stereocenters. The molecule has 0 saturated carbocycles. The van der Waals surface area contributed by atoms with Crippen molar-refractivity contribution >= 4 is 6.03 Å². The molecule has 0 aliphatic carbocycles. The van der Waals surface area contributed by atoms with Crippen LogP contribution >= 0.6 is 0 Å². The predicted octanol–water partition coefficient (Wildman–Crippen LogP) is -2.51. The number of morpholine rings is 1. The Labute approximate surface area is 102 Å². The van der Waals surface area contributed by atoms with Gasteiger partial charge < -0.3 is 15.4 Å². The fourth-order valence-electron chi connectivity index (χ4n) is 0.766. The first-order valence-corrected chi connectivity index (χ1v) is 2.89. The van der Waals surface area contributed by atoms with Crippen LogP contribution in [0.2, 0.25) is 0 Å². The van der Waals surface area contributed by atoms with Crippen LogP contribution in [0.15, 0.2) is 0 Å². The average Bonchev–Trinajstić information content (AvgIpc) is 1.90. The number of ether oxygens (including phenoxy) is 1. The minimum atomic E-state index is -0.599. The van der Waals surface area contributed by atoms with E-state index in [1.807, 2.05) is 0 Å². The maximum atomic E-state index is 10.3. The largest absolute Gasteiger partial charge is 1.00 e. The molecular formula is C5H9KN2O2. The third-order valence-electron chi connectivity index (χ3n) is 1.30. The number of nitrogens with zero attached hydrogens (tertiary/aromatic N) is 1. The van der Waals surface area contributed by atoms with E-state index in [1.54, 1.807) is 0 Å². The Morgan fingerprint density at radius 3 is 2.20 bits per heavy atom. The van der Waals surface area contributed by atoms with Crippen LogP contribution in [0.5, 0.6) is 0 Å². The number of carbonyl (C=O) groups excluding carboxylic acids is 1. The van der Waals surface area contributed by atoms with Gasteiger partial charge in [-0.05, 0) is 13.1 Å². The molecule has 1 rings (SSSR count). The molecule has 0 spiro atoms. The number of hydrogen-bond acceptors (Lipinski definition) is 2. The number of carbonyl (C=O) groups is 1. The van der Waals surface area contributed by atoms with E-state index >= 15 is 0 Å². The molecule has 0 bridgehead atoms. The summed E-state index contributed by atoms with van der Waals surface area (Å²) in [6, 6.07) is -0.599. The maximum Gasteiger partial charge on any atom is 1.00 e. The van der Waals surface area contributed by atoms with Gasteiger partial charge in [0.1, 0.15) is 0 Å². The van der Waals surface area contributed by atoms with Gasteiger partial charge in [-0.2, -0.15) is 0 Å². The van der Waals surface area contributed by atoms with Gasteiger partial charge in [-0.15, -0.1) is 0 Å². The molecule has 0 radical (unpaired) electrons. The average molecular weight is 168 g/mol. The van der Waals surface area contributed by atoms with Crippen LogP contribution in [-0.4, -0.2) is 37.2 Å². The number of rotatable bonds is 0. The Morgan fingerprint density at radius 2 is 1.90 bits per heavy atom. The summed E-state index contributed by atoms with van der Waals surface area (Å²) in [5.74, 6) is 0. The summed E-state index contributed by atoms with van der Waals surface area (Å²) in [5.41, 5.74) is 6.70. The van der Waals surface area contributed by atoms with Gasteiger partial charge in [0.05, 0.1) is 0 Å². The molecule has 0 aromatic carbocycles. The molecular weight excluding hydrogens is 159 g/mol. The Bertz CT molecular complexity index is 114. The first kappa shape index (κ1) is 10.9. The second kappa shape index (κ2) is 5.51. The van der Waals surface area contributed by atoms with Crippen LogP contribution < -0.4 is 51.4 Å². The van der Waals surface area contributed by atoms with Gasteiger partial charge in [0.15, 0.2) is 6.03 Å². The molecule has 1 fully saturated rings. The van der Waals surface area contributed by atoms with Crippen LogP contribution in [0.1, 0.15) is 0 Å². The second-order valence-electron chi connectivity index (χ2n) is 1.90. The molecule has 4 nitrogen and oxygen atoms in total. The van der Waals surface area contributed by atoms with Gasteiger partial charge >= 0.3 is 51.4 Å². The van der Waals surface area contributed by atoms with E-state index in [9.17, 15) is 4.79 Å². The van der Waals surface area contributed by atoms with Crippen molar-refractivity contribution in [1.82, 2.24) is 4.90 Å². The van der Waals surface area contributed by atoms with Crippen molar-refractivity contribution in [2.45, 2.75) is 0 Å². The van der Waals surface area contributed by atoms with E-state index < -0.39 is 6.03 Å². The van der Waals surface area contributed by atoms with E-state index in [0.717, 1.165) is 0 Å². The SMILES string of the molecule is [K+].[NH-]C(=O)N1CCOCC1. The molecule has 1 N–H and O–H groups in total. The summed E-state index contributed by atoms with van der Waals surface area (Å²) in [5, 5.41) is 0. The van der Waals surface area contributed by atoms with Gasteiger partial charge in [0, 0.05) is 13.2 Å². The van der Waals surface area contributed by atoms with E-state index in [-0.39, 0.29) is 51.4 Å². The molecule has 2 amide bonds. The van der Waals surface area contributed by atoms with Crippen LogP contribution in [0, 0.1) is 0 Å². The molecule has 0 aromatic rings. The van der Waals surface area contributed by atoms with Crippen molar-refractivity contribution in [1.29, 1.82) is 0 Å². The third-order valence-corrected chi connectivity index (χ3v) is 1.30. The summed E-state index contributed by atoms with van der Waals surface area (Å²) >= 11 is 0. The van der Waals surface area contributed by atoms with E-state index in [2.05, 4.69) is 0 Å². The molecule has 0 atom stereocenters. The zero-order chi connectivity index (χ0) is 6.69. The number of amides is 2. The Morgan fingerprint density at radius 1 is 1.40 bits per heavy atom. The number of nitrogens with one attached hydrogen (secondary N) is 1. The van der Waals surface area contributed by atoms with Gasteiger partial charge in [-0.1, -0.05) is 0 Å². The summed E-state index contributed by atoms with van der Waals surface area (Å²) in [6.07, 6.45) is 0. The molecule has 1 aliphatic rings. The number of urea groups is 1. The summed E-state index contributed by atoms with van der Waals surface area (Å²) in [7, 11) is 0. The van der Waals surface area contributed by atoms with Crippen molar-refractivity contribution in [3.8, 4) is 0 Å². The second-order valence-corrected chi connectivity index (χ2v) is 1.90. The molecule has 1 saturated heterocycles. The Balaban J connectivity index is 0.000000810. The molecule has 1 heterocycles. The zero-order valence-electron chi connectivity index (χ0n) is 6.09. The van der Waals surface area contributed by atoms with Gasteiger partial charge in [0.25, 0.3) is 0 Å². The monoisotopic (exact) mass is 168 g/mol. The molecule has 5 heteroatoms. The quantitative estimate of drug-likeness (QED) is 0.375. The predicted molar refractivity (Wildman–Crippen MR) is 32.1 cm³/mol. The topological polar surface area (TPSA) is 53.3 Å². The minimum Gasteiger partial charge on any atom is -0.447 e. The van der Waals surface area contributed by atoms with Crippen LogP contribution in [-0.2, 0) is 4.74 Å². The maximum absolute atomic E-state index is 10.3. The summed E-state index contributed by atoms with van der Waals surface area (Å²) < 4.78 is 4.97. The standard InChI is InChI=1S/C5H10N2O2.K/c6-5(8)7-1-3-9-4-2-7;/h1-4H2,(H2,6,8);/q;+1/p-1. The zero-order valence-corrected chi connectivity index (χ0v) is 9.22. The molecule has 52 valence electrons. The van der Waals surface area contributed by atoms with Crippen LogP contribution in [0.4, 0.5) is 4.79 Å². The summed E-state index contributed by atoms with van der Waals surface area (Å²) in [4.78, 5) is 11.8. The Kier molecular flexibility index (Phi) is 5.99. The van der Waals surface area contributed by atoms with Gasteiger partial charge in [0.2, 0.25) is 0 Å². The van der Waals surface area contributed by atoms with Crippen molar-refractivity contribution in [2.24, 2.45) is 0 Å². The van der Waals surface area contributed by atoms with Crippen molar-refractivity contribution in [3.05, 3.63) is 5.73 Å². The molecule has 0 aromatic heterocycles. The minimum absolute atomic E-state index is 0. The first-order chi connectivity index (χ1) is 4.30. The fourth-order valence-corrected chi connectivity index (χ4v) is 0.766. The summed E-state index contributed by atoms with van der Waals surface area (Å²) in [6.45, 7) is 2.29. The van der Waals surface area contributed by atoms with Crippen molar-refractivity contribution in [2.75, 3.05) is 26.3 Å². The van der Waals surface area contributed by atoms with E-state index in [1.165, 1.54) is 4.90 Å². The molecule has 10 heavy (non-hydrogen) atoms. The number of hydrogen-bond donors (Lipinski definition) is 0. The van der Waals surface area contributed by atoms with E-state index in [0.29, 0.717) is 26.3 Å².